The van der Waals surface area contributed by atoms with Gasteiger partial charge in [-0.3, -0.25) is 0 Å². The fraction of sp³-hybridized carbons (Fsp3) is 0.375. The first-order chi connectivity index (χ1) is 5.16. The highest BCUT2D eigenvalue weighted by atomic mass is 16.4. The minimum atomic E-state index is -1.33. The molecule has 1 rings (SSSR count). The van der Waals surface area contributed by atoms with Gasteiger partial charge in [0.2, 0.25) is 0 Å². The van der Waals surface area contributed by atoms with Gasteiger partial charge >= 0.3 is 6.09 Å². The molecule has 0 saturated heterocycles. The Bertz CT molecular complexity index is 187. The van der Waals surface area contributed by atoms with Crippen LogP contribution in [-0.4, -0.2) is 11.2 Å². The molecule has 0 fully saturated rings. The standard InChI is InChI=1S/C7H8.CH3NO2/c1-2-7-5-3-4-6-7;2-1(3)4/h1,3,5,7H,4,6H2;2H2,(H,3,4). The normalized spacial score (nSPS) is 19.7. The van der Waals surface area contributed by atoms with Crippen molar-refractivity contribution >= 4 is 6.09 Å². The molecule has 3 N–H and O–H groups in total. The van der Waals surface area contributed by atoms with E-state index in [0.717, 1.165) is 6.42 Å². The molecule has 0 aromatic heterocycles. The van der Waals surface area contributed by atoms with E-state index in [-0.39, 0.29) is 0 Å². The van der Waals surface area contributed by atoms with Crippen LogP contribution in [0, 0.1) is 18.3 Å². The number of allylic oxidation sites excluding steroid dienone is 2. The van der Waals surface area contributed by atoms with Crippen LogP contribution >= 0.6 is 0 Å². The van der Waals surface area contributed by atoms with E-state index in [1.807, 2.05) is 0 Å². The van der Waals surface area contributed by atoms with Crippen LogP contribution in [-0.2, 0) is 0 Å². The largest absolute Gasteiger partial charge is 0.465 e. The number of nitrogens with two attached hydrogens (primary N) is 1. The lowest BCUT2D eigenvalue weighted by Crippen LogP contribution is -2.03. The molecule has 1 aliphatic carbocycles. The summed E-state index contributed by atoms with van der Waals surface area (Å²) >= 11 is 0. The third kappa shape index (κ3) is 6.46. The lowest BCUT2D eigenvalue weighted by atomic mass is 10.1. The molecular formula is C8H11NO2. The highest BCUT2D eigenvalue weighted by Gasteiger charge is 2.02. The van der Waals surface area contributed by atoms with Crippen LogP contribution in [0.25, 0.3) is 0 Å². The van der Waals surface area contributed by atoms with E-state index in [1.54, 1.807) is 0 Å². The summed E-state index contributed by atoms with van der Waals surface area (Å²) in [4.78, 5) is 8.78. The zero-order valence-corrected chi connectivity index (χ0v) is 6.16. The van der Waals surface area contributed by atoms with Gasteiger partial charge in [0.05, 0.1) is 0 Å². The molecule has 0 heterocycles. The second-order valence-corrected chi connectivity index (χ2v) is 2.12. The van der Waals surface area contributed by atoms with E-state index in [2.05, 4.69) is 23.8 Å². The van der Waals surface area contributed by atoms with E-state index in [1.165, 1.54) is 6.42 Å². The molecule has 0 aliphatic heterocycles. The number of hydrogen-bond donors (Lipinski definition) is 2. The number of hydrogen-bond acceptors (Lipinski definition) is 1. The summed E-state index contributed by atoms with van der Waals surface area (Å²) in [6.45, 7) is 0. The summed E-state index contributed by atoms with van der Waals surface area (Å²) in [6.07, 6.45) is 10.4. The third-order valence-corrected chi connectivity index (χ3v) is 1.23. The van der Waals surface area contributed by atoms with Gasteiger partial charge in [0.25, 0.3) is 0 Å². The second kappa shape index (κ2) is 5.36. The molecule has 3 heteroatoms. The Morgan fingerprint density at radius 2 is 2.36 bits per heavy atom. The molecule has 0 bridgehead atoms. The van der Waals surface area contributed by atoms with Gasteiger partial charge < -0.3 is 10.8 Å². The molecule has 1 aliphatic rings. The quantitative estimate of drug-likeness (QED) is 0.406. The van der Waals surface area contributed by atoms with Crippen LogP contribution in [0.5, 0.6) is 0 Å². The van der Waals surface area contributed by atoms with Crippen LogP contribution < -0.4 is 5.73 Å². The summed E-state index contributed by atoms with van der Waals surface area (Å²) < 4.78 is 0. The lowest BCUT2D eigenvalue weighted by molar-refractivity contribution is 0.205. The Labute approximate surface area is 65.9 Å². The van der Waals surface area contributed by atoms with E-state index >= 15 is 0 Å². The second-order valence-electron chi connectivity index (χ2n) is 2.12. The zero-order valence-electron chi connectivity index (χ0n) is 6.16. The summed E-state index contributed by atoms with van der Waals surface area (Å²) in [6, 6.07) is 0. The maximum Gasteiger partial charge on any atom is 0.402 e. The smallest absolute Gasteiger partial charge is 0.402 e. The van der Waals surface area contributed by atoms with E-state index in [0.29, 0.717) is 5.92 Å². The highest BCUT2D eigenvalue weighted by Crippen LogP contribution is 2.14. The average molecular weight is 153 g/mol. The molecule has 11 heavy (non-hydrogen) atoms. The van der Waals surface area contributed by atoms with Gasteiger partial charge in [-0.15, -0.1) is 6.42 Å². The van der Waals surface area contributed by atoms with Gasteiger partial charge in [0.1, 0.15) is 0 Å². The SMILES string of the molecule is C#CC1C=CCC1.NC(=O)O. The predicted octanol–water partition coefficient (Wildman–Crippen LogP) is 1.21. The number of carbonyl (C=O) groups is 1. The van der Waals surface area contributed by atoms with E-state index < -0.39 is 6.09 Å². The van der Waals surface area contributed by atoms with Crippen molar-refractivity contribution in [1.82, 2.24) is 0 Å². The van der Waals surface area contributed by atoms with Crippen molar-refractivity contribution < 1.29 is 9.90 Å². The van der Waals surface area contributed by atoms with Crippen LogP contribution in [0.1, 0.15) is 12.8 Å². The summed E-state index contributed by atoms with van der Waals surface area (Å²) in [5.41, 5.74) is 4.03. The first kappa shape index (κ1) is 9.57. The molecule has 3 nitrogen and oxygen atoms in total. The Kier molecular flexibility index (Phi) is 4.67. The van der Waals surface area contributed by atoms with Crippen molar-refractivity contribution in [2.75, 3.05) is 0 Å². The molecule has 60 valence electrons. The van der Waals surface area contributed by atoms with Crippen molar-refractivity contribution in [1.29, 1.82) is 0 Å². The first-order valence-electron chi connectivity index (χ1n) is 3.28. The third-order valence-electron chi connectivity index (χ3n) is 1.23. The van der Waals surface area contributed by atoms with Crippen molar-refractivity contribution in [3.8, 4) is 12.3 Å². The first-order valence-corrected chi connectivity index (χ1v) is 3.28. The maximum absolute atomic E-state index is 8.78. The minimum absolute atomic E-state index is 0.444. The van der Waals surface area contributed by atoms with Crippen LogP contribution in [0.3, 0.4) is 0 Å². The molecule has 1 unspecified atom stereocenters. The fourth-order valence-electron chi connectivity index (χ4n) is 0.771. The van der Waals surface area contributed by atoms with Gasteiger partial charge in [-0.1, -0.05) is 18.1 Å². The number of carboxylic acid groups (broad SMARTS) is 1. The van der Waals surface area contributed by atoms with Crippen LogP contribution in [0.4, 0.5) is 4.79 Å². The van der Waals surface area contributed by atoms with Crippen molar-refractivity contribution in [3.63, 3.8) is 0 Å². The Hall–Kier alpha value is -1.43. The van der Waals surface area contributed by atoms with Gasteiger partial charge in [-0.2, -0.15) is 0 Å². The van der Waals surface area contributed by atoms with Gasteiger partial charge in [-0.05, 0) is 12.8 Å². The monoisotopic (exact) mass is 153 g/mol. The number of amides is 1. The van der Waals surface area contributed by atoms with Crippen LogP contribution in [0.2, 0.25) is 0 Å². The van der Waals surface area contributed by atoms with Crippen molar-refractivity contribution in [2.24, 2.45) is 11.7 Å². The van der Waals surface area contributed by atoms with E-state index in [4.69, 9.17) is 16.3 Å². The predicted molar refractivity (Wildman–Crippen MR) is 42.9 cm³/mol. The summed E-state index contributed by atoms with van der Waals surface area (Å²) in [5.74, 6) is 3.12. The van der Waals surface area contributed by atoms with Crippen LogP contribution in [0.15, 0.2) is 12.2 Å². The molecule has 0 spiro atoms. The lowest BCUT2D eigenvalue weighted by Gasteiger charge is -1.89. The van der Waals surface area contributed by atoms with E-state index in [9.17, 15) is 0 Å². The zero-order chi connectivity index (χ0) is 8.69. The highest BCUT2D eigenvalue weighted by molar-refractivity contribution is 5.61. The molecule has 0 aromatic rings. The summed E-state index contributed by atoms with van der Waals surface area (Å²) in [7, 11) is 0. The molecule has 0 radical (unpaired) electrons. The molecule has 1 atom stereocenters. The molecule has 1 amide bonds. The Balaban J connectivity index is 0.000000218. The number of rotatable bonds is 0. The molecular weight excluding hydrogens is 142 g/mol. The fourth-order valence-corrected chi connectivity index (χ4v) is 0.771. The molecule has 0 aromatic carbocycles. The summed E-state index contributed by atoms with van der Waals surface area (Å²) in [5, 5.41) is 7.19. The molecule has 0 saturated carbocycles. The van der Waals surface area contributed by atoms with Gasteiger partial charge in [0, 0.05) is 5.92 Å². The maximum atomic E-state index is 8.78. The van der Waals surface area contributed by atoms with Crippen molar-refractivity contribution in [3.05, 3.63) is 12.2 Å². The Morgan fingerprint density at radius 3 is 2.55 bits per heavy atom. The topological polar surface area (TPSA) is 63.3 Å². The van der Waals surface area contributed by atoms with Gasteiger partial charge in [-0.25, -0.2) is 4.79 Å². The number of terminal acetylenes is 1. The minimum Gasteiger partial charge on any atom is -0.465 e. The Morgan fingerprint density at radius 1 is 1.82 bits per heavy atom. The average Bonchev–Trinajstić information content (AvgIpc) is 2.36. The number of primary amides is 1. The van der Waals surface area contributed by atoms with Gasteiger partial charge in [0.15, 0.2) is 0 Å². The van der Waals surface area contributed by atoms with Crippen molar-refractivity contribution in [2.45, 2.75) is 12.8 Å².